The number of hydrogen-bond donors (Lipinski definition) is 3. The summed E-state index contributed by atoms with van der Waals surface area (Å²) in [5, 5.41) is 22.3. The molecule has 0 bridgehead atoms. The van der Waals surface area contributed by atoms with E-state index in [1.165, 1.54) is 6.42 Å². The van der Waals surface area contributed by atoms with Crippen LogP contribution in [0, 0.1) is 0 Å². The number of rotatable bonds is 4. The van der Waals surface area contributed by atoms with Crippen molar-refractivity contribution in [3.05, 3.63) is 35.4 Å². The summed E-state index contributed by atoms with van der Waals surface area (Å²) < 4.78 is 0. The lowest BCUT2D eigenvalue weighted by molar-refractivity contribution is 0.0902. The Hall–Kier alpha value is -0.900. The fourth-order valence-electron chi connectivity index (χ4n) is 2.44. The summed E-state index contributed by atoms with van der Waals surface area (Å²) in [5.74, 6) is 0. The quantitative estimate of drug-likeness (QED) is 0.742. The third kappa shape index (κ3) is 3.53. The Kier molecular flexibility index (Phi) is 4.54. The molecule has 0 saturated heterocycles. The van der Waals surface area contributed by atoms with Crippen LogP contribution in [0.15, 0.2) is 24.3 Å². The van der Waals surface area contributed by atoms with E-state index in [2.05, 4.69) is 5.32 Å². The van der Waals surface area contributed by atoms with Gasteiger partial charge >= 0.3 is 0 Å². The van der Waals surface area contributed by atoms with Crippen LogP contribution in [0.25, 0.3) is 0 Å². The van der Waals surface area contributed by atoms with Crippen LogP contribution < -0.4 is 5.32 Å². The molecule has 1 aliphatic carbocycles. The predicted octanol–water partition coefficient (Wildman–Crippen LogP) is 1.57. The highest BCUT2D eigenvalue weighted by atomic mass is 16.3. The van der Waals surface area contributed by atoms with Gasteiger partial charge < -0.3 is 15.5 Å². The molecule has 1 aliphatic rings. The molecule has 3 heteroatoms. The standard InChI is InChI=1S/C14H21NO2/c16-10-12-5-3-4-11(8-12)9-15-13-6-1-2-7-14(13)17/h3-5,8,13-17H,1-2,6-7,9-10H2. The maximum atomic E-state index is 9.85. The molecular formula is C14H21NO2. The third-order valence-electron chi connectivity index (χ3n) is 3.47. The van der Waals surface area contributed by atoms with Gasteiger partial charge in [0.15, 0.2) is 0 Å². The SMILES string of the molecule is OCc1cccc(CNC2CCCCC2O)c1. The van der Waals surface area contributed by atoms with Crippen molar-refractivity contribution in [2.75, 3.05) is 0 Å². The molecule has 1 fully saturated rings. The van der Waals surface area contributed by atoms with Gasteiger partial charge in [0.05, 0.1) is 12.7 Å². The molecule has 1 saturated carbocycles. The molecule has 0 radical (unpaired) electrons. The summed E-state index contributed by atoms with van der Waals surface area (Å²) in [6, 6.07) is 8.14. The fourth-order valence-corrected chi connectivity index (χ4v) is 2.44. The maximum Gasteiger partial charge on any atom is 0.0693 e. The van der Waals surface area contributed by atoms with Crippen molar-refractivity contribution in [3.8, 4) is 0 Å². The Morgan fingerprint density at radius 3 is 2.71 bits per heavy atom. The molecule has 0 spiro atoms. The predicted molar refractivity (Wildman–Crippen MR) is 67.5 cm³/mol. The van der Waals surface area contributed by atoms with E-state index in [-0.39, 0.29) is 18.8 Å². The molecule has 17 heavy (non-hydrogen) atoms. The molecule has 2 rings (SSSR count). The highest BCUT2D eigenvalue weighted by Gasteiger charge is 2.21. The minimum absolute atomic E-state index is 0.0832. The molecule has 0 aromatic heterocycles. The average molecular weight is 235 g/mol. The minimum atomic E-state index is -0.204. The first-order valence-electron chi connectivity index (χ1n) is 6.39. The van der Waals surface area contributed by atoms with Crippen LogP contribution in [0.2, 0.25) is 0 Å². The van der Waals surface area contributed by atoms with Crippen molar-refractivity contribution < 1.29 is 10.2 Å². The van der Waals surface area contributed by atoms with Gasteiger partial charge in [-0.25, -0.2) is 0 Å². The van der Waals surface area contributed by atoms with Crippen LogP contribution >= 0.6 is 0 Å². The second-order valence-corrected chi connectivity index (χ2v) is 4.82. The first-order valence-corrected chi connectivity index (χ1v) is 6.39. The van der Waals surface area contributed by atoms with Crippen molar-refractivity contribution in [2.24, 2.45) is 0 Å². The van der Waals surface area contributed by atoms with E-state index < -0.39 is 0 Å². The van der Waals surface area contributed by atoms with Gasteiger partial charge in [-0.05, 0) is 24.0 Å². The highest BCUT2D eigenvalue weighted by molar-refractivity contribution is 5.22. The smallest absolute Gasteiger partial charge is 0.0693 e. The first kappa shape index (κ1) is 12.6. The Balaban J connectivity index is 1.88. The molecule has 1 aromatic rings. The second kappa shape index (κ2) is 6.15. The molecule has 0 aliphatic heterocycles. The number of hydrogen-bond acceptors (Lipinski definition) is 3. The van der Waals surface area contributed by atoms with E-state index in [4.69, 9.17) is 5.11 Å². The Labute approximate surface area is 102 Å². The molecule has 3 nitrogen and oxygen atoms in total. The van der Waals surface area contributed by atoms with E-state index in [1.807, 2.05) is 24.3 Å². The Bertz CT molecular complexity index is 354. The van der Waals surface area contributed by atoms with Crippen LogP contribution in [0.4, 0.5) is 0 Å². The summed E-state index contributed by atoms with van der Waals surface area (Å²) >= 11 is 0. The van der Waals surface area contributed by atoms with E-state index >= 15 is 0 Å². The lowest BCUT2D eigenvalue weighted by Gasteiger charge is -2.28. The van der Waals surface area contributed by atoms with Crippen LogP contribution in [0.1, 0.15) is 36.8 Å². The van der Waals surface area contributed by atoms with E-state index in [0.717, 1.165) is 36.9 Å². The van der Waals surface area contributed by atoms with Gasteiger partial charge in [-0.15, -0.1) is 0 Å². The molecular weight excluding hydrogens is 214 g/mol. The van der Waals surface area contributed by atoms with Gasteiger partial charge in [0, 0.05) is 12.6 Å². The average Bonchev–Trinajstić information content (AvgIpc) is 2.38. The second-order valence-electron chi connectivity index (χ2n) is 4.82. The lowest BCUT2D eigenvalue weighted by atomic mass is 9.92. The molecule has 94 valence electrons. The molecule has 3 N–H and O–H groups in total. The molecule has 2 unspecified atom stereocenters. The Morgan fingerprint density at radius 1 is 1.18 bits per heavy atom. The van der Waals surface area contributed by atoms with Gasteiger partial charge in [-0.1, -0.05) is 37.1 Å². The summed E-state index contributed by atoms with van der Waals surface area (Å²) in [5.41, 5.74) is 2.10. The van der Waals surface area contributed by atoms with E-state index in [0.29, 0.717) is 0 Å². The van der Waals surface area contributed by atoms with E-state index in [1.54, 1.807) is 0 Å². The summed E-state index contributed by atoms with van der Waals surface area (Å²) in [6.07, 6.45) is 4.10. The summed E-state index contributed by atoms with van der Waals surface area (Å²) in [4.78, 5) is 0. The van der Waals surface area contributed by atoms with Crippen molar-refractivity contribution >= 4 is 0 Å². The zero-order valence-corrected chi connectivity index (χ0v) is 10.1. The van der Waals surface area contributed by atoms with Crippen molar-refractivity contribution in [3.63, 3.8) is 0 Å². The summed E-state index contributed by atoms with van der Waals surface area (Å²) in [6.45, 7) is 0.843. The molecule has 0 amide bonds. The number of aliphatic hydroxyl groups is 2. The number of nitrogens with one attached hydrogen (secondary N) is 1. The molecule has 2 atom stereocenters. The van der Waals surface area contributed by atoms with Crippen LogP contribution in [-0.2, 0) is 13.2 Å². The summed E-state index contributed by atoms with van der Waals surface area (Å²) in [7, 11) is 0. The zero-order chi connectivity index (χ0) is 12.1. The highest BCUT2D eigenvalue weighted by Crippen LogP contribution is 2.18. The monoisotopic (exact) mass is 235 g/mol. The van der Waals surface area contributed by atoms with Gasteiger partial charge in [0.2, 0.25) is 0 Å². The maximum absolute atomic E-state index is 9.85. The number of benzene rings is 1. The topological polar surface area (TPSA) is 52.5 Å². The minimum Gasteiger partial charge on any atom is -0.392 e. The fraction of sp³-hybridized carbons (Fsp3) is 0.571. The van der Waals surface area contributed by atoms with Crippen LogP contribution in [-0.4, -0.2) is 22.4 Å². The third-order valence-corrected chi connectivity index (χ3v) is 3.47. The number of aliphatic hydroxyl groups excluding tert-OH is 2. The largest absolute Gasteiger partial charge is 0.392 e. The van der Waals surface area contributed by atoms with Gasteiger partial charge in [-0.2, -0.15) is 0 Å². The van der Waals surface area contributed by atoms with E-state index in [9.17, 15) is 5.11 Å². The van der Waals surface area contributed by atoms with Crippen LogP contribution in [0.3, 0.4) is 0 Å². The normalized spacial score (nSPS) is 24.8. The Morgan fingerprint density at radius 2 is 1.94 bits per heavy atom. The molecule has 0 heterocycles. The van der Waals surface area contributed by atoms with Gasteiger partial charge in [0.25, 0.3) is 0 Å². The van der Waals surface area contributed by atoms with Crippen LogP contribution in [0.5, 0.6) is 0 Å². The van der Waals surface area contributed by atoms with Crippen molar-refractivity contribution in [2.45, 2.75) is 51.0 Å². The van der Waals surface area contributed by atoms with Crippen molar-refractivity contribution in [1.82, 2.24) is 5.32 Å². The van der Waals surface area contributed by atoms with Crippen molar-refractivity contribution in [1.29, 1.82) is 0 Å². The van der Waals surface area contributed by atoms with Gasteiger partial charge in [0.1, 0.15) is 0 Å². The zero-order valence-electron chi connectivity index (χ0n) is 10.1. The molecule has 1 aromatic carbocycles. The van der Waals surface area contributed by atoms with Gasteiger partial charge in [-0.3, -0.25) is 0 Å². The first-order chi connectivity index (χ1) is 8.29. The lowest BCUT2D eigenvalue weighted by Crippen LogP contribution is -2.41.